The number of aromatic nitrogens is 2. The van der Waals surface area contributed by atoms with E-state index in [-0.39, 0.29) is 5.41 Å². The number of aromatic amines is 1. The molecule has 0 radical (unpaired) electrons. The average molecular weight is 229 g/mol. The maximum atomic E-state index is 5.55. The van der Waals surface area contributed by atoms with Crippen LogP contribution in [0.5, 0.6) is 0 Å². The van der Waals surface area contributed by atoms with Crippen LogP contribution in [0.4, 0.5) is 5.95 Å². The lowest BCUT2D eigenvalue weighted by molar-refractivity contribution is 0.590. The second-order valence-electron chi connectivity index (χ2n) is 5.42. The molecule has 1 heterocycles. The minimum absolute atomic E-state index is 0.205. The number of nitrogen functional groups attached to an aromatic ring is 1. The molecule has 17 heavy (non-hydrogen) atoms. The predicted octanol–water partition coefficient (Wildman–Crippen LogP) is 2.88. The van der Waals surface area contributed by atoms with Crippen LogP contribution in [0.25, 0.3) is 0 Å². The van der Waals surface area contributed by atoms with Gasteiger partial charge in [0.25, 0.3) is 0 Å². The minimum atomic E-state index is 0.205. The lowest BCUT2D eigenvalue weighted by Gasteiger charge is -2.19. The van der Waals surface area contributed by atoms with Gasteiger partial charge in [-0.05, 0) is 16.5 Å². The van der Waals surface area contributed by atoms with E-state index in [1.165, 1.54) is 11.1 Å². The molecule has 3 heteroatoms. The molecule has 0 spiro atoms. The van der Waals surface area contributed by atoms with E-state index in [2.05, 4.69) is 55.0 Å². The molecule has 3 nitrogen and oxygen atoms in total. The third kappa shape index (κ3) is 2.87. The zero-order chi connectivity index (χ0) is 12.5. The predicted molar refractivity (Wildman–Crippen MR) is 70.9 cm³/mol. The molecule has 1 aromatic heterocycles. The highest BCUT2D eigenvalue weighted by Gasteiger charge is 2.12. The number of rotatable bonds is 2. The van der Waals surface area contributed by atoms with Gasteiger partial charge >= 0.3 is 0 Å². The Morgan fingerprint density at radius 3 is 2.29 bits per heavy atom. The van der Waals surface area contributed by atoms with Crippen molar-refractivity contribution in [3.8, 4) is 0 Å². The van der Waals surface area contributed by atoms with E-state index < -0.39 is 0 Å². The molecule has 0 atom stereocenters. The summed E-state index contributed by atoms with van der Waals surface area (Å²) in [5.41, 5.74) is 9.42. The normalized spacial score (nSPS) is 11.7. The van der Waals surface area contributed by atoms with Crippen LogP contribution in [0.3, 0.4) is 0 Å². The van der Waals surface area contributed by atoms with Crippen LogP contribution in [0.2, 0.25) is 0 Å². The molecular weight excluding hydrogens is 210 g/mol. The summed E-state index contributed by atoms with van der Waals surface area (Å²) in [6, 6.07) is 8.71. The number of hydrogen-bond acceptors (Lipinski definition) is 2. The summed E-state index contributed by atoms with van der Waals surface area (Å²) in [7, 11) is 0. The smallest absolute Gasteiger partial charge is 0.197 e. The second kappa shape index (κ2) is 4.24. The first-order valence-corrected chi connectivity index (χ1v) is 5.84. The topological polar surface area (TPSA) is 54.7 Å². The quantitative estimate of drug-likeness (QED) is 0.832. The highest BCUT2D eigenvalue weighted by atomic mass is 15.0. The van der Waals surface area contributed by atoms with Gasteiger partial charge in [0.05, 0.1) is 6.20 Å². The van der Waals surface area contributed by atoms with Crippen molar-refractivity contribution in [1.82, 2.24) is 9.97 Å². The molecule has 2 aromatic rings. The Hall–Kier alpha value is -1.77. The van der Waals surface area contributed by atoms with Crippen molar-refractivity contribution >= 4 is 5.95 Å². The van der Waals surface area contributed by atoms with Gasteiger partial charge in [-0.1, -0.05) is 45.0 Å². The monoisotopic (exact) mass is 229 g/mol. The molecule has 1 aromatic carbocycles. The van der Waals surface area contributed by atoms with Crippen LogP contribution < -0.4 is 5.73 Å². The lowest BCUT2D eigenvalue weighted by atomic mass is 9.86. The first kappa shape index (κ1) is 11.7. The van der Waals surface area contributed by atoms with E-state index >= 15 is 0 Å². The Morgan fingerprint density at radius 2 is 1.82 bits per heavy atom. The number of imidazole rings is 1. The Balaban J connectivity index is 2.13. The molecule has 2 rings (SSSR count). The molecule has 0 amide bonds. The average Bonchev–Trinajstić information content (AvgIpc) is 2.63. The first-order chi connectivity index (χ1) is 7.95. The summed E-state index contributed by atoms with van der Waals surface area (Å²) < 4.78 is 0. The van der Waals surface area contributed by atoms with E-state index in [0.29, 0.717) is 5.95 Å². The summed E-state index contributed by atoms with van der Waals surface area (Å²) in [4.78, 5) is 7.03. The molecule has 0 saturated carbocycles. The van der Waals surface area contributed by atoms with Crippen molar-refractivity contribution in [2.24, 2.45) is 0 Å². The van der Waals surface area contributed by atoms with Crippen molar-refractivity contribution in [1.29, 1.82) is 0 Å². The third-order valence-corrected chi connectivity index (χ3v) is 2.86. The fourth-order valence-electron chi connectivity index (χ4n) is 1.81. The first-order valence-electron chi connectivity index (χ1n) is 5.84. The standard InChI is InChI=1S/C14H19N3/c1-14(2,3)11-6-4-10(5-7-11)8-12-9-16-13(15)17-12/h4-7,9H,8H2,1-3H3,(H3,15,16,17). The second-order valence-corrected chi connectivity index (χ2v) is 5.42. The van der Waals surface area contributed by atoms with Crippen LogP contribution in [0.15, 0.2) is 30.5 Å². The van der Waals surface area contributed by atoms with E-state index in [4.69, 9.17) is 5.73 Å². The molecule has 90 valence electrons. The van der Waals surface area contributed by atoms with E-state index in [1.807, 2.05) is 0 Å². The molecule has 0 aliphatic rings. The zero-order valence-electron chi connectivity index (χ0n) is 10.6. The van der Waals surface area contributed by atoms with Gasteiger partial charge in [0, 0.05) is 12.1 Å². The Morgan fingerprint density at radius 1 is 1.18 bits per heavy atom. The van der Waals surface area contributed by atoms with Crippen LogP contribution in [-0.4, -0.2) is 9.97 Å². The summed E-state index contributed by atoms with van der Waals surface area (Å²) in [6.07, 6.45) is 2.63. The number of nitrogens with two attached hydrogens (primary N) is 1. The minimum Gasteiger partial charge on any atom is -0.369 e. The van der Waals surface area contributed by atoms with Crippen molar-refractivity contribution in [3.05, 3.63) is 47.3 Å². The van der Waals surface area contributed by atoms with Crippen LogP contribution in [-0.2, 0) is 11.8 Å². The van der Waals surface area contributed by atoms with E-state index in [9.17, 15) is 0 Å². The third-order valence-electron chi connectivity index (χ3n) is 2.86. The lowest BCUT2D eigenvalue weighted by Crippen LogP contribution is -2.10. The van der Waals surface area contributed by atoms with Crippen molar-refractivity contribution < 1.29 is 0 Å². The molecular formula is C14H19N3. The molecule has 0 aliphatic heterocycles. The highest BCUT2D eigenvalue weighted by Crippen LogP contribution is 2.22. The molecule has 0 fully saturated rings. The van der Waals surface area contributed by atoms with Crippen LogP contribution in [0, 0.1) is 0 Å². The largest absolute Gasteiger partial charge is 0.369 e. The van der Waals surface area contributed by atoms with Gasteiger partial charge in [-0.3, -0.25) is 0 Å². The number of anilines is 1. The van der Waals surface area contributed by atoms with Crippen molar-refractivity contribution in [2.45, 2.75) is 32.6 Å². The number of benzene rings is 1. The Labute approximate surface area is 102 Å². The van der Waals surface area contributed by atoms with E-state index in [0.717, 1.165) is 12.1 Å². The number of H-pyrrole nitrogens is 1. The summed E-state index contributed by atoms with van der Waals surface area (Å²) in [6.45, 7) is 6.66. The summed E-state index contributed by atoms with van der Waals surface area (Å²) >= 11 is 0. The van der Waals surface area contributed by atoms with Gasteiger partial charge in [-0.2, -0.15) is 0 Å². The molecule has 3 N–H and O–H groups in total. The van der Waals surface area contributed by atoms with Gasteiger partial charge in [0.2, 0.25) is 0 Å². The van der Waals surface area contributed by atoms with Gasteiger partial charge in [-0.15, -0.1) is 0 Å². The van der Waals surface area contributed by atoms with Gasteiger partial charge in [-0.25, -0.2) is 4.98 Å². The zero-order valence-corrected chi connectivity index (χ0v) is 10.6. The molecule has 0 unspecified atom stereocenters. The van der Waals surface area contributed by atoms with Crippen molar-refractivity contribution in [3.63, 3.8) is 0 Å². The Bertz CT molecular complexity index is 489. The van der Waals surface area contributed by atoms with Crippen LogP contribution in [0.1, 0.15) is 37.6 Å². The number of nitrogens with one attached hydrogen (secondary N) is 1. The molecule has 0 bridgehead atoms. The van der Waals surface area contributed by atoms with Crippen LogP contribution >= 0.6 is 0 Å². The molecule has 0 aliphatic carbocycles. The summed E-state index contributed by atoms with van der Waals surface area (Å²) in [5.74, 6) is 0.478. The fraction of sp³-hybridized carbons (Fsp3) is 0.357. The van der Waals surface area contributed by atoms with Gasteiger partial charge < -0.3 is 10.7 Å². The maximum absolute atomic E-state index is 5.55. The van der Waals surface area contributed by atoms with Crippen molar-refractivity contribution in [2.75, 3.05) is 5.73 Å². The number of nitrogens with zero attached hydrogens (tertiary/aromatic N) is 1. The SMILES string of the molecule is CC(C)(C)c1ccc(Cc2cnc(N)[nH]2)cc1. The maximum Gasteiger partial charge on any atom is 0.197 e. The van der Waals surface area contributed by atoms with Gasteiger partial charge in [0.15, 0.2) is 5.95 Å². The molecule has 0 saturated heterocycles. The Kier molecular flexibility index (Phi) is 2.92. The highest BCUT2D eigenvalue weighted by molar-refractivity contribution is 5.30. The van der Waals surface area contributed by atoms with Gasteiger partial charge in [0.1, 0.15) is 0 Å². The summed E-state index contributed by atoms with van der Waals surface area (Å²) in [5, 5.41) is 0. The fourth-order valence-corrected chi connectivity index (χ4v) is 1.81. The van der Waals surface area contributed by atoms with E-state index in [1.54, 1.807) is 6.20 Å². The number of hydrogen-bond donors (Lipinski definition) is 2.